The lowest BCUT2D eigenvalue weighted by Crippen LogP contribution is -2.09. The molecular weight excluding hydrogens is 214 g/mol. The molecule has 0 saturated heterocycles. The van der Waals surface area contributed by atoms with Gasteiger partial charge < -0.3 is 14.8 Å². The fourth-order valence-corrected chi connectivity index (χ4v) is 1.54. The van der Waals surface area contributed by atoms with Crippen molar-refractivity contribution in [1.29, 1.82) is 0 Å². The molecule has 0 radical (unpaired) electrons. The van der Waals surface area contributed by atoms with Crippen LogP contribution in [0, 0.1) is 5.92 Å². The molecule has 1 N–H and O–H groups in total. The smallest absolute Gasteiger partial charge is 0.127 e. The zero-order valence-corrected chi connectivity index (χ0v) is 11.2. The summed E-state index contributed by atoms with van der Waals surface area (Å²) in [5.41, 5.74) is 1.16. The lowest BCUT2D eigenvalue weighted by molar-refractivity contribution is 0.284. The van der Waals surface area contributed by atoms with Gasteiger partial charge in [0.15, 0.2) is 0 Å². The van der Waals surface area contributed by atoms with Crippen LogP contribution in [0.3, 0.4) is 0 Å². The summed E-state index contributed by atoms with van der Waals surface area (Å²) in [7, 11) is 3.60. The van der Waals surface area contributed by atoms with Gasteiger partial charge in [0.05, 0.1) is 13.7 Å². The summed E-state index contributed by atoms with van der Waals surface area (Å²) in [5, 5.41) is 3.14. The third-order valence-corrected chi connectivity index (χ3v) is 2.59. The molecule has 0 aliphatic heterocycles. The third kappa shape index (κ3) is 4.65. The van der Waals surface area contributed by atoms with E-state index in [2.05, 4.69) is 19.2 Å². The molecule has 17 heavy (non-hydrogen) atoms. The number of rotatable bonds is 7. The second-order valence-corrected chi connectivity index (χ2v) is 4.53. The highest BCUT2D eigenvalue weighted by Gasteiger charge is 2.05. The monoisotopic (exact) mass is 237 g/mol. The first-order chi connectivity index (χ1) is 8.17. The van der Waals surface area contributed by atoms with E-state index < -0.39 is 0 Å². The van der Waals surface area contributed by atoms with E-state index >= 15 is 0 Å². The molecule has 1 aromatic rings. The number of hydrogen-bond acceptors (Lipinski definition) is 3. The van der Waals surface area contributed by atoms with E-state index in [4.69, 9.17) is 9.47 Å². The predicted molar refractivity (Wildman–Crippen MR) is 70.7 cm³/mol. The van der Waals surface area contributed by atoms with Gasteiger partial charge in [-0.05, 0) is 25.5 Å². The number of benzene rings is 1. The topological polar surface area (TPSA) is 30.5 Å². The average molecular weight is 237 g/mol. The fourth-order valence-electron chi connectivity index (χ4n) is 1.54. The highest BCUT2D eigenvalue weighted by atomic mass is 16.5. The second-order valence-electron chi connectivity index (χ2n) is 4.53. The van der Waals surface area contributed by atoms with Crippen LogP contribution in [0.4, 0.5) is 0 Å². The molecule has 1 rings (SSSR count). The summed E-state index contributed by atoms with van der Waals surface area (Å²) < 4.78 is 11.0. The Labute approximate surface area is 104 Å². The van der Waals surface area contributed by atoms with E-state index in [0.717, 1.165) is 36.6 Å². The summed E-state index contributed by atoms with van der Waals surface area (Å²) >= 11 is 0. The normalized spacial score (nSPS) is 10.6. The Bertz CT molecular complexity index is 337. The quantitative estimate of drug-likeness (QED) is 0.791. The van der Waals surface area contributed by atoms with Crippen LogP contribution in [0.15, 0.2) is 18.2 Å². The number of ether oxygens (including phenoxy) is 2. The maximum absolute atomic E-state index is 5.82. The van der Waals surface area contributed by atoms with Crippen LogP contribution < -0.4 is 14.8 Å². The zero-order chi connectivity index (χ0) is 12.7. The number of nitrogens with one attached hydrogen (secondary N) is 1. The largest absolute Gasteiger partial charge is 0.497 e. The Morgan fingerprint density at radius 2 is 2.06 bits per heavy atom. The molecule has 0 aromatic heterocycles. The van der Waals surface area contributed by atoms with Crippen LogP contribution >= 0.6 is 0 Å². The minimum atomic E-state index is 0.661. The molecule has 0 atom stereocenters. The van der Waals surface area contributed by atoms with Gasteiger partial charge in [-0.2, -0.15) is 0 Å². The lowest BCUT2D eigenvalue weighted by Gasteiger charge is -2.13. The molecule has 0 aliphatic rings. The first-order valence-corrected chi connectivity index (χ1v) is 6.11. The van der Waals surface area contributed by atoms with Gasteiger partial charge in [0.25, 0.3) is 0 Å². The molecule has 0 saturated carbocycles. The van der Waals surface area contributed by atoms with Gasteiger partial charge in [-0.1, -0.05) is 19.9 Å². The van der Waals surface area contributed by atoms with Gasteiger partial charge in [0.1, 0.15) is 11.5 Å². The zero-order valence-electron chi connectivity index (χ0n) is 11.2. The molecule has 0 heterocycles. The van der Waals surface area contributed by atoms with Gasteiger partial charge in [-0.15, -0.1) is 0 Å². The van der Waals surface area contributed by atoms with Gasteiger partial charge in [-0.25, -0.2) is 0 Å². The molecule has 96 valence electrons. The molecule has 0 amide bonds. The minimum absolute atomic E-state index is 0.661. The molecule has 0 bridgehead atoms. The Hall–Kier alpha value is -1.22. The highest BCUT2D eigenvalue weighted by Crippen LogP contribution is 2.25. The van der Waals surface area contributed by atoms with E-state index in [0.29, 0.717) is 5.92 Å². The molecular formula is C14H23NO2. The Kier molecular flexibility index (Phi) is 5.84. The van der Waals surface area contributed by atoms with Crippen LogP contribution in [-0.4, -0.2) is 20.8 Å². The first kappa shape index (κ1) is 13.8. The van der Waals surface area contributed by atoms with Gasteiger partial charge in [0.2, 0.25) is 0 Å². The van der Waals surface area contributed by atoms with Crippen molar-refractivity contribution in [2.45, 2.75) is 26.8 Å². The van der Waals surface area contributed by atoms with Crippen LogP contribution in [0.25, 0.3) is 0 Å². The van der Waals surface area contributed by atoms with E-state index in [9.17, 15) is 0 Å². The molecule has 3 heteroatoms. The van der Waals surface area contributed by atoms with Crippen LogP contribution in [-0.2, 0) is 6.54 Å². The summed E-state index contributed by atoms with van der Waals surface area (Å²) in [4.78, 5) is 0. The minimum Gasteiger partial charge on any atom is -0.497 e. The molecule has 1 aromatic carbocycles. The van der Waals surface area contributed by atoms with Crippen LogP contribution in [0.2, 0.25) is 0 Å². The molecule has 3 nitrogen and oxygen atoms in total. The molecule has 0 fully saturated rings. The SMILES string of the molecule is CNCc1ccc(OC)cc1OCCC(C)C. The van der Waals surface area contributed by atoms with Crippen molar-refractivity contribution in [3.8, 4) is 11.5 Å². The number of methoxy groups -OCH3 is 1. The molecule has 0 aliphatic carbocycles. The molecule has 0 spiro atoms. The van der Waals surface area contributed by atoms with E-state index in [-0.39, 0.29) is 0 Å². The number of hydrogen-bond donors (Lipinski definition) is 1. The summed E-state index contributed by atoms with van der Waals surface area (Å²) in [6, 6.07) is 5.95. The highest BCUT2D eigenvalue weighted by molar-refractivity contribution is 5.40. The van der Waals surface area contributed by atoms with Crippen molar-refractivity contribution in [3.05, 3.63) is 23.8 Å². The van der Waals surface area contributed by atoms with Gasteiger partial charge in [0, 0.05) is 18.2 Å². The van der Waals surface area contributed by atoms with Gasteiger partial charge in [-0.3, -0.25) is 0 Å². The third-order valence-electron chi connectivity index (χ3n) is 2.59. The maximum Gasteiger partial charge on any atom is 0.127 e. The van der Waals surface area contributed by atoms with Gasteiger partial charge >= 0.3 is 0 Å². The Morgan fingerprint density at radius 1 is 1.29 bits per heavy atom. The summed E-state index contributed by atoms with van der Waals surface area (Å²) in [5.74, 6) is 2.41. The molecule has 0 unspecified atom stereocenters. The Balaban J connectivity index is 2.70. The predicted octanol–water partition coefficient (Wildman–Crippen LogP) is 2.84. The van der Waals surface area contributed by atoms with Crippen molar-refractivity contribution in [2.75, 3.05) is 20.8 Å². The van der Waals surface area contributed by atoms with Crippen LogP contribution in [0.5, 0.6) is 11.5 Å². The van der Waals surface area contributed by atoms with Crippen molar-refractivity contribution in [3.63, 3.8) is 0 Å². The standard InChI is InChI=1S/C14H23NO2/c1-11(2)7-8-17-14-9-13(16-4)6-5-12(14)10-15-3/h5-6,9,11,15H,7-8,10H2,1-4H3. The van der Waals surface area contributed by atoms with Crippen molar-refractivity contribution < 1.29 is 9.47 Å². The summed E-state index contributed by atoms with van der Waals surface area (Å²) in [6.45, 7) is 5.95. The van der Waals surface area contributed by atoms with Crippen molar-refractivity contribution >= 4 is 0 Å². The average Bonchev–Trinajstić information content (AvgIpc) is 2.31. The first-order valence-electron chi connectivity index (χ1n) is 6.11. The maximum atomic E-state index is 5.82. The fraction of sp³-hybridized carbons (Fsp3) is 0.571. The lowest BCUT2D eigenvalue weighted by atomic mass is 10.1. The van der Waals surface area contributed by atoms with E-state index in [1.165, 1.54) is 0 Å². The summed E-state index contributed by atoms with van der Waals surface area (Å²) in [6.07, 6.45) is 1.07. The Morgan fingerprint density at radius 3 is 2.65 bits per heavy atom. The van der Waals surface area contributed by atoms with Crippen molar-refractivity contribution in [1.82, 2.24) is 5.32 Å². The van der Waals surface area contributed by atoms with E-state index in [1.807, 2.05) is 25.2 Å². The van der Waals surface area contributed by atoms with E-state index in [1.54, 1.807) is 7.11 Å². The van der Waals surface area contributed by atoms with Crippen molar-refractivity contribution in [2.24, 2.45) is 5.92 Å². The second kappa shape index (κ2) is 7.17. The van der Waals surface area contributed by atoms with Crippen LogP contribution in [0.1, 0.15) is 25.8 Å².